The molecule has 10 heteroatoms. The molecule has 0 bridgehead atoms. The van der Waals surface area contributed by atoms with Gasteiger partial charge in [-0.2, -0.15) is 4.98 Å². The van der Waals surface area contributed by atoms with Crippen LogP contribution in [0.1, 0.15) is 11.1 Å². The average Bonchev–Trinajstić information content (AvgIpc) is 3.39. The Morgan fingerprint density at radius 3 is 2.50 bits per heavy atom. The van der Waals surface area contributed by atoms with Gasteiger partial charge in [0, 0.05) is 20.6 Å². The molecule has 0 radical (unpaired) electrons. The minimum Gasteiger partial charge on any atom is -0.454 e. The summed E-state index contributed by atoms with van der Waals surface area (Å²) in [5.41, 5.74) is 1.22. The zero-order valence-corrected chi connectivity index (χ0v) is 17.5. The van der Waals surface area contributed by atoms with Crippen molar-refractivity contribution in [2.24, 2.45) is 14.1 Å². The van der Waals surface area contributed by atoms with E-state index < -0.39 is 11.2 Å². The Bertz CT molecular complexity index is 1450. The first-order chi connectivity index (χ1) is 15.4. The second-order valence-electron chi connectivity index (χ2n) is 7.57. The van der Waals surface area contributed by atoms with Gasteiger partial charge >= 0.3 is 5.69 Å². The Morgan fingerprint density at radius 2 is 1.72 bits per heavy atom. The summed E-state index contributed by atoms with van der Waals surface area (Å²) in [5.74, 6) is 1.45. The molecule has 2 aromatic heterocycles. The van der Waals surface area contributed by atoms with Gasteiger partial charge in [-0.05, 0) is 35.4 Å². The van der Waals surface area contributed by atoms with E-state index in [0.717, 1.165) is 10.1 Å². The molecule has 5 rings (SSSR count). The van der Waals surface area contributed by atoms with Gasteiger partial charge in [-0.25, -0.2) is 9.18 Å². The lowest BCUT2D eigenvalue weighted by Crippen LogP contribution is -2.39. The Kier molecular flexibility index (Phi) is 4.69. The second kappa shape index (κ2) is 7.56. The van der Waals surface area contributed by atoms with Crippen molar-refractivity contribution in [2.75, 3.05) is 12.1 Å². The number of imidazole rings is 1. The summed E-state index contributed by atoms with van der Waals surface area (Å²) in [6, 6.07) is 11.3. The first kappa shape index (κ1) is 19.9. The van der Waals surface area contributed by atoms with Crippen LogP contribution < -0.4 is 26.0 Å². The highest BCUT2D eigenvalue weighted by atomic mass is 19.1. The van der Waals surface area contributed by atoms with Gasteiger partial charge < -0.3 is 19.4 Å². The summed E-state index contributed by atoms with van der Waals surface area (Å²) in [6.07, 6.45) is 0. The lowest BCUT2D eigenvalue weighted by molar-refractivity contribution is 0.174. The van der Waals surface area contributed by atoms with Gasteiger partial charge in [0.25, 0.3) is 5.56 Å². The van der Waals surface area contributed by atoms with Gasteiger partial charge in [-0.1, -0.05) is 18.2 Å². The molecular weight excluding hydrogens is 417 g/mol. The molecule has 32 heavy (non-hydrogen) atoms. The predicted molar refractivity (Wildman–Crippen MR) is 116 cm³/mol. The SMILES string of the molecule is Cn1c(NCc2ccc3c(c2)OCO3)nc2c1c(=O)n(Cc1ccc(F)cc1)c(=O)n2C. The number of hydrogen-bond donors (Lipinski definition) is 1. The summed E-state index contributed by atoms with van der Waals surface area (Å²) in [7, 11) is 3.28. The zero-order chi connectivity index (χ0) is 22.4. The van der Waals surface area contributed by atoms with Crippen molar-refractivity contribution in [1.82, 2.24) is 18.7 Å². The number of benzene rings is 2. The predicted octanol–water partition coefficient (Wildman–Crippen LogP) is 1.96. The fraction of sp³-hybridized carbons (Fsp3) is 0.227. The van der Waals surface area contributed by atoms with Crippen molar-refractivity contribution in [3.8, 4) is 11.5 Å². The fourth-order valence-electron chi connectivity index (χ4n) is 3.75. The number of anilines is 1. The molecule has 4 aromatic rings. The molecule has 0 saturated heterocycles. The molecule has 0 saturated carbocycles. The molecule has 1 aliphatic rings. The molecule has 9 nitrogen and oxygen atoms in total. The molecule has 164 valence electrons. The van der Waals surface area contributed by atoms with Gasteiger partial charge in [-0.3, -0.25) is 13.9 Å². The number of rotatable bonds is 5. The molecule has 0 amide bonds. The summed E-state index contributed by atoms with van der Waals surface area (Å²) in [4.78, 5) is 30.5. The first-order valence-corrected chi connectivity index (χ1v) is 9.95. The number of nitrogens with one attached hydrogen (secondary N) is 1. The van der Waals surface area contributed by atoms with Crippen molar-refractivity contribution in [3.63, 3.8) is 0 Å². The van der Waals surface area contributed by atoms with Crippen molar-refractivity contribution in [3.05, 3.63) is 80.2 Å². The number of hydrogen-bond acceptors (Lipinski definition) is 6. The van der Waals surface area contributed by atoms with Crippen molar-refractivity contribution < 1.29 is 13.9 Å². The van der Waals surface area contributed by atoms with E-state index in [2.05, 4.69) is 10.3 Å². The van der Waals surface area contributed by atoms with Crippen LogP contribution in [0.4, 0.5) is 10.3 Å². The van der Waals surface area contributed by atoms with Crippen LogP contribution in [-0.2, 0) is 27.2 Å². The minimum atomic E-state index is -0.493. The van der Waals surface area contributed by atoms with Crippen molar-refractivity contribution in [2.45, 2.75) is 13.1 Å². The van der Waals surface area contributed by atoms with E-state index in [1.807, 2.05) is 18.2 Å². The first-order valence-electron chi connectivity index (χ1n) is 9.95. The number of fused-ring (bicyclic) bond motifs is 2. The summed E-state index contributed by atoms with van der Waals surface area (Å²) < 4.78 is 28.0. The lowest BCUT2D eigenvalue weighted by Gasteiger charge is -2.09. The van der Waals surface area contributed by atoms with E-state index in [9.17, 15) is 14.0 Å². The second-order valence-corrected chi connectivity index (χ2v) is 7.57. The summed E-state index contributed by atoms with van der Waals surface area (Å²) >= 11 is 0. The van der Waals surface area contributed by atoms with E-state index in [1.165, 1.54) is 16.7 Å². The van der Waals surface area contributed by atoms with Crippen LogP contribution in [0.15, 0.2) is 52.1 Å². The third kappa shape index (κ3) is 3.29. The highest BCUT2D eigenvalue weighted by Gasteiger charge is 2.19. The van der Waals surface area contributed by atoms with Crippen LogP contribution in [0.2, 0.25) is 0 Å². The molecular formula is C22H20FN5O4. The Morgan fingerprint density at radius 1 is 1.00 bits per heavy atom. The fourth-order valence-corrected chi connectivity index (χ4v) is 3.75. The smallest absolute Gasteiger partial charge is 0.332 e. The minimum absolute atomic E-state index is 0.0346. The monoisotopic (exact) mass is 437 g/mol. The zero-order valence-electron chi connectivity index (χ0n) is 17.5. The lowest BCUT2D eigenvalue weighted by atomic mass is 10.2. The molecule has 2 aromatic carbocycles. The quantitative estimate of drug-likeness (QED) is 0.513. The Balaban J connectivity index is 1.49. The Labute approximate surface area is 181 Å². The molecule has 0 atom stereocenters. The number of aromatic nitrogens is 4. The van der Waals surface area contributed by atoms with Crippen LogP contribution in [0.25, 0.3) is 11.2 Å². The topological polar surface area (TPSA) is 92.3 Å². The van der Waals surface area contributed by atoms with E-state index in [-0.39, 0.29) is 24.8 Å². The van der Waals surface area contributed by atoms with E-state index in [0.29, 0.717) is 35.1 Å². The third-order valence-electron chi connectivity index (χ3n) is 5.50. The van der Waals surface area contributed by atoms with Gasteiger partial charge in [0.05, 0.1) is 6.54 Å². The van der Waals surface area contributed by atoms with Crippen LogP contribution in [0.5, 0.6) is 11.5 Å². The number of ether oxygens (including phenoxy) is 2. The van der Waals surface area contributed by atoms with Gasteiger partial charge in [0.1, 0.15) is 5.82 Å². The largest absolute Gasteiger partial charge is 0.454 e. The van der Waals surface area contributed by atoms with Gasteiger partial charge in [0.2, 0.25) is 12.7 Å². The molecule has 0 aliphatic carbocycles. The summed E-state index contributed by atoms with van der Waals surface area (Å²) in [6.45, 7) is 0.674. The van der Waals surface area contributed by atoms with Crippen molar-refractivity contribution >= 4 is 17.1 Å². The van der Waals surface area contributed by atoms with E-state index >= 15 is 0 Å². The molecule has 3 heterocycles. The highest BCUT2D eigenvalue weighted by Crippen LogP contribution is 2.32. The van der Waals surface area contributed by atoms with Crippen LogP contribution >= 0.6 is 0 Å². The molecule has 0 spiro atoms. The van der Waals surface area contributed by atoms with E-state index in [4.69, 9.17) is 9.47 Å². The number of halogens is 1. The number of aryl methyl sites for hydroxylation is 2. The maximum absolute atomic E-state index is 13.2. The van der Waals surface area contributed by atoms with E-state index in [1.54, 1.807) is 30.8 Å². The number of nitrogens with zero attached hydrogens (tertiary/aromatic N) is 4. The highest BCUT2D eigenvalue weighted by molar-refractivity contribution is 5.74. The maximum Gasteiger partial charge on any atom is 0.332 e. The molecule has 0 unspecified atom stereocenters. The maximum atomic E-state index is 13.2. The standard InChI is InChI=1S/C22H20FN5O4/c1-26-18-19(25-21(26)24-10-14-5-8-16-17(9-14)32-12-31-16)27(2)22(30)28(20(18)29)11-13-3-6-15(23)7-4-13/h3-9H,10-12H2,1-2H3,(H,24,25). The summed E-state index contributed by atoms with van der Waals surface area (Å²) in [5, 5.41) is 3.21. The van der Waals surface area contributed by atoms with Crippen LogP contribution in [0, 0.1) is 5.82 Å². The van der Waals surface area contributed by atoms with Crippen LogP contribution in [-0.4, -0.2) is 25.5 Å². The van der Waals surface area contributed by atoms with Crippen molar-refractivity contribution in [1.29, 1.82) is 0 Å². The molecule has 1 N–H and O–H groups in total. The van der Waals surface area contributed by atoms with Gasteiger partial charge in [-0.15, -0.1) is 0 Å². The third-order valence-corrected chi connectivity index (χ3v) is 5.50. The average molecular weight is 437 g/mol. The van der Waals surface area contributed by atoms with Crippen LogP contribution in [0.3, 0.4) is 0 Å². The molecule has 0 fully saturated rings. The normalized spacial score (nSPS) is 12.5. The molecule has 1 aliphatic heterocycles. The Hall–Kier alpha value is -4.08. The van der Waals surface area contributed by atoms with Gasteiger partial charge in [0.15, 0.2) is 22.7 Å².